The summed E-state index contributed by atoms with van der Waals surface area (Å²) in [7, 11) is 0. The number of aryl methyl sites for hydroxylation is 1. The van der Waals surface area contributed by atoms with Crippen LogP contribution in [0.2, 0.25) is 0 Å². The molecule has 0 fully saturated rings. The van der Waals surface area contributed by atoms with Crippen LogP contribution >= 0.6 is 0 Å². The van der Waals surface area contributed by atoms with Gasteiger partial charge in [-0.25, -0.2) is 0 Å². The molecule has 0 bridgehead atoms. The van der Waals surface area contributed by atoms with E-state index in [0.29, 0.717) is 13.1 Å². The van der Waals surface area contributed by atoms with Crippen LogP contribution in [-0.4, -0.2) is 30.4 Å². The molecule has 0 heterocycles. The van der Waals surface area contributed by atoms with E-state index in [4.69, 9.17) is 5.73 Å². The maximum atomic E-state index is 12.7. The predicted molar refractivity (Wildman–Crippen MR) is 78.0 cm³/mol. The van der Waals surface area contributed by atoms with Crippen molar-refractivity contribution in [3.05, 3.63) is 35.4 Å². The van der Waals surface area contributed by atoms with E-state index in [1.807, 2.05) is 11.0 Å². The van der Waals surface area contributed by atoms with Gasteiger partial charge < -0.3 is 10.6 Å². The maximum Gasteiger partial charge on any atom is 0.230 e. The largest absolute Gasteiger partial charge is 0.341 e. The van der Waals surface area contributed by atoms with Gasteiger partial charge >= 0.3 is 0 Å². The van der Waals surface area contributed by atoms with Crippen molar-refractivity contribution in [2.24, 2.45) is 5.73 Å². The lowest BCUT2D eigenvalue weighted by Crippen LogP contribution is -2.40. The number of amides is 1. The van der Waals surface area contributed by atoms with Crippen LogP contribution in [0, 0.1) is 0 Å². The molecule has 3 heteroatoms. The Balaban J connectivity index is 2.19. The summed E-state index contributed by atoms with van der Waals surface area (Å²) in [4.78, 5) is 14.6. The molecular formula is C16H24N2O. The first kappa shape index (κ1) is 14.1. The van der Waals surface area contributed by atoms with Gasteiger partial charge in [-0.2, -0.15) is 0 Å². The number of carbonyl (C=O) groups is 1. The molecule has 1 aromatic rings. The summed E-state index contributed by atoms with van der Waals surface area (Å²) >= 11 is 0. The van der Waals surface area contributed by atoms with Crippen LogP contribution in [-0.2, 0) is 11.2 Å². The summed E-state index contributed by atoms with van der Waals surface area (Å²) in [5.41, 5.74) is 8.20. The lowest BCUT2D eigenvalue weighted by Gasteiger charge is -2.30. The zero-order valence-corrected chi connectivity index (χ0v) is 11.8. The van der Waals surface area contributed by atoms with Gasteiger partial charge in [-0.05, 0) is 36.8 Å². The van der Waals surface area contributed by atoms with Crippen molar-refractivity contribution >= 4 is 5.91 Å². The van der Waals surface area contributed by atoms with E-state index in [1.165, 1.54) is 11.1 Å². The first-order chi connectivity index (χ1) is 9.27. The number of carbonyl (C=O) groups excluding carboxylic acids is 1. The molecule has 0 spiro atoms. The van der Waals surface area contributed by atoms with Gasteiger partial charge in [-0.1, -0.05) is 31.2 Å². The minimum absolute atomic E-state index is 0.0445. The van der Waals surface area contributed by atoms with Crippen molar-refractivity contribution in [1.29, 1.82) is 0 Å². The SMILES string of the molecule is CCCN(CCN)C(=O)C1CCCc2ccccc21. The fourth-order valence-electron chi connectivity index (χ4n) is 2.99. The molecule has 104 valence electrons. The maximum absolute atomic E-state index is 12.7. The molecule has 1 atom stereocenters. The third kappa shape index (κ3) is 3.16. The highest BCUT2D eigenvalue weighted by molar-refractivity contribution is 5.84. The molecule has 3 nitrogen and oxygen atoms in total. The molecule has 1 aliphatic carbocycles. The number of hydrogen-bond acceptors (Lipinski definition) is 2. The Morgan fingerprint density at radius 3 is 2.89 bits per heavy atom. The minimum Gasteiger partial charge on any atom is -0.341 e. The van der Waals surface area contributed by atoms with Crippen LogP contribution in [0.4, 0.5) is 0 Å². The Hall–Kier alpha value is -1.35. The summed E-state index contributed by atoms with van der Waals surface area (Å²) < 4.78 is 0. The van der Waals surface area contributed by atoms with Gasteiger partial charge in [0.05, 0.1) is 5.92 Å². The zero-order chi connectivity index (χ0) is 13.7. The number of rotatable bonds is 5. The Bertz CT molecular complexity index is 425. The van der Waals surface area contributed by atoms with Crippen LogP contribution in [0.15, 0.2) is 24.3 Å². The van der Waals surface area contributed by atoms with E-state index in [2.05, 4.69) is 25.1 Å². The van der Waals surface area contributed by atoms with Crippen LogP contribution in [0.5, 0.6) is 0 Å². The second kappa shape index (κ2) is 6.71. The minimum atomic E-state index is 0.0445. The molecule has 0 radical (unpaired) electrons. The Kier molecular flexibility index (Phi) is 4.97. The van der Waals surface area contributed by atoms with E-state index in [9.17, 15) is 4.79 Å². The molecule has 2 N–H and O–H groups in total. The fraction of sp³-hybridized carbons (Fsp3) is 0.562. The third-order valence-electron chi connectivity index (χ3n) is 3.87. The first-order valence-corrected chi connectivity index (χ1v) is 7.34. The van der Waals surface area contributed by atoms with Gasteiger partial charge in [0.2, 0.25) is 5.91 Å². The Labute approximate surface area is 115 Å². The van der Waals surface area contributed by atoms with Crippen LogP contribution < -0.4 is 5.73 Å². The number of nitrogens with zero attached hydrogens (tertiary/aromatic N) is 1. The summed E-state index contributed by atoms with van der Waals surface area (Å²) in [6.07, 6.45) is 4.17. The molecule has 1 unspecified atom stereocenters. The molecule has 0 saturated heterocycles. The lowest BCUT2D eigenvalue weighted by molar-refractivity contribution is -0.133. The van der Waals surface area contributed by atoms with Gasteiger partial charge in [0.25, 0.3) is 0 Å². The zero-order valence-electron chi connectivity index (χ0n) is 11.8. The standard InChI is InChI=1S/C16H24N2O/c1-2-11-18(12-10-17)16(19)15-9-5-7-13-6-3-4-8-14(13)15/h3-4,6,8,15H,2,5,7,9-12,17H2,1H3. The fourth-order valence-corrected chi connectivity index (χ4v) is 2.99. The highest BCUT2D eigenvalue weighted by Crippen LogP contribution is 2.32. The molecule has 1 aliphatic rings. The van der Waals surface area contributed by atoms with Gasteiger partial charge in [0.1, 0.15) is 0 Å². The Morgan fingerprint density at radius 1 is 1.37 bits per heavy atom. The predicted octanol–water partition coefficient (Wildman–Crippen LogP) is 2.30. The summed E-state index contributed by atoms with van der Waals surface area (Å²) in [5.74, 6) is 0.308. The molecule has 1 amide bonds. The molecule has 2 rings (SSSR count). The third-order valence-corrected chi connectivity index (χ3v) is 3.87. The topological polar surface area (TPSA) is 46.3 Å². The van der Waals surface area contributed by atoms with Crippen LogP contribution in [0.3, 0.4) is 0 Å². The Morgan fingerprint density at radius 2 is 2.16 bits per heavy atom. The molecule has 0 saturated carbocycles. The molecular weight excluding hydrogens is 236 g/mol. The summed E-state index contributed by atoms with van der Waals surface area (Å²) in [6, 6.07) is 8.37. The van der Waals surface area contributed by atoms with Crippen molar-refractivity contribution in [3.8, 4) is 0 Å². The number of nitrogens with two attached hydrogens (primary N) is 1. The lowest BCUT2D eigenvalue weighted by atomic mass is 9.82. The van der Waals surface area contributed by atoms with Crippen LogP contribution in [0.25, 0.3) is 0 Å². The second-order valence-corrected chi connectivity index (χ2v) is 5.26. The molecule has 0 aromatic heterocycles. The quantitative estimate of drug-likeness (QED) is 0.883. The van der Waals surface area contributed by atoms with Crippen LogP contribution in [0.1, 0.15) is 43.2 Å². The average Bonchev–Trinajstić information content (AvgIpc) is 2.46. The summed E-state index contributed by atoms with van der Waals surface area (Å²) in [5, 5.41) is 0. The van der Waals surface area contributed by atoms with Crippen molar-refractivity contribution in [3.63, 3.8) is 0 Å². The van der Waals surface area contributed by atoms with E-state index < -0.39 is 0 Å². The van der Waals surface area contributed by atoms with E-state index in [-0.39, 0.29) is 11.8 Å². The number of fused-ring (bicyclic) bond motifs is 1. The number of hydrogen-bond donors (Lipinski definition) is 1. The smallest absolute Gasteiger partial charge is 0.230 e. The highest BCUT2D eigenvalue weighted by atomic mass is 16.2. The van der Waals surface area contributed by atoms with Gasteiger partial charge in [0, 0.05) is 19.6 Å². The van der Waals surface area contributed by atoms with Crippen molar-refractivity contribution in [2.75, 3.05) is 19.6 Å². The normalized spacial score (nSPS) is 17.9. The number of benzene rings is 1. The monoisotopic (exact) mass is 260 g/mol. The molecule has 1 aromatic carbocycles. The summed E-state index contributed by atoms with van der Waals surface area (Å²) in [6.45, 7) is 4.13. The van der Waals surface area contributed by atoms with Crippen molar-refractivity contribution in [1.82, 2.24) is 4.90 Å². The molecule has 19 heavy (non-hydrogen) atoms. The van der Waals surface area contributed by atoms with Crippen molar-refractivity contribution in [2.45, 2.75) is 38.5 Å². The van der Waals surface area contributed by atoms with Gasteiger partial charge in [-0.3, -0.25) is 4.79 Å². The van der Waals surface area contributed by atoms with Gasteiger partial charge in [0.15, 0.2) is 0 Å². The van der Waals surface area contributed by atoms with Gasteiger partial charge in [-0.15, -0.1) is 0 Å². The van der Waals surface area contributed by atoms with E-state index >= 15 is 0 Å². The van der Waals surface area contributed by atoms with Crippen molar-refractivity contribution < 1.29 is 4.79 Å². The molecule has 0 aliphatic heterocycles. The highest BCUT2D eigenvalue weighted by Gasteiger charge is 2.29. The van der Waals surface area contributed by atoms with E-state index in [1.54, 1.807) is 0 Å². The first-order valence-electron chi connectivity index (χ1n) is 7.34. The van der Waals surface area contributed by atoms with E-state index in [0.717, 1.165) is 32.2 Å². The average molecular weight is 260 g/mol. The second-order valence-electron chi connectivity index (χ2n) is 5.26.